The highest BCUT2D eigenvalue weighted by Gasteiger charge is 2.20. The van der Waals surface area contributed by atoms with E-state index in [2.05, 4.69) is 68.8 Å². The monoisotopic (exact) mass is 345 g/mol. The number of hydrogen-bond acceptors (Lipinski definition) is 3. The van der Waals surface area contributed by atoms with Gasteiger partial charge in [-0.25, -0.2) is 0 Å². The van der Waals surface area contributed by atoms with Crippen molar-refractivity contribution >= 4 is 27.3 Å². The largest absolute Gasteiger partial charge is 0.368 e. The molecule has 1 aliphatic rings. The van der Waals surface area contributed by atoms with Crippen LogP contribution in [-0.2, 0) is 0 Å². The van der Waals surface area contributed by atoms with Crippen LogP contribution in [0.15, 0.2) is 41.1 Å². The van der Waals surface area contributed by atoms with Crippen molar-refractivity contribution in [2.75, 3.05) is 36.0 Å². The first-order valence-corrected chi connectivity index (χ1v) is 8.12. The van der Waals surface area contributed by atoms with Crippen LogP contribution in [-0.4, -0.2) is 31.2 Å². The number of benzene rings is 1. The summed E-state index contributed by atoms with van der Waals surface area (Å²) in [5, 5.41) is 0. The van der Waals surface area contributed by atoms with Crippen LogP contribution in [0.25, 0.3) is 0 Å². The predicted octanol–water partition coefficient (Wildman–Crippen LogP) is 3.79. The summed E-state index contributed by atoms with van der Waals surface area (Å²) in [5.41, 5.74) is 5.39. The minimum atomic E-state index is 1.04. The smallest absolute Gasteiger partial charge is 0.0592 e. The number of aryl methyl sites for hydroxylation is 1. The van der Waals surface area contributed by atoms with E-state index in [1.54, 1.807) is 0 Å². The van der Waals surface area contributed by atoms with Crippen molar-refractivity contribution in [3.05, 3.63) is 52.3 Å². The SMILES string of the molecule is Cc1cccc(N2CCN(c3ccncc3Br)CC2)c1C. The Hall–Kier alpha value is -1.55. The van der Waals surface area contributed by atoms with Crippen LogP contribution < -0.4 is 9.80 Å². The first-order chi connectivity index (χ1) is 10.2. The molecule has 3 rings (SSSR count). The fourth-order valence-corrected chi connectivity index (χ4v) is 3.39. The summed E-state index contributed by atoms with van der Waals surface area (Å²) in [4.78, 5) is 9.06. The van der Waals surface area contributed by atoms with Crippen molar-refractivity contribution in [1.29, 1.82) is 0 Å². The van der Waals surface area contributed by atoms with Gasteiger partial charge in [-0.3, -0.25) is 4.98 Å². The molecule has 0 aliphatic carbocycles. The lowest BCUT2D eigenvalue weighted by Gasteiger charge is -2.38. The topological polar surface area (TPSA) is 19.4 Å². The summed E-state index contributed by atoms with van der Waals surface area (Å²) >= 11 is 3.60. The van der Waals surface area contributed by atoms with Crippen LogP contribution in [0.3, 0.4) is 0 Å². The molecule has 0 atom stereocenters. The number of halogens is 1. The molecular formula is C17H20BrN3. The standard InChI is InChI=1S/C17H20BrN3/c1-13-4-3-5-16(14(13)2)20-8-10-21(11-9-20)17-6-7-19-12-15(17)18/h3-7,12H,8-11H2,1-2H3. The summed E-state index contributed by atoms with van der Waals surface area (Å²) in [6.07, 6.45) is 3.73. The second-order valence-electron chi connectivity index (χ2n) is 5.52. The van der Waals surface area contributed by atoms with Crippen LogP contribution in [0, 0.1) is 13.8 Å². The van der Waals surface area contributed by atoms with Gasteiger partial charge in [0, 0.05) is 44.3 Å². The lowest BCUT2D eigenvalue weighted by atomic mass is 10.1. The normalized spacial score (nSPS) is 15.4. The van der Waals surface area contributed by atoms with E-state index >= 15 is 0 Å². The van der Waals surface area contributed by atoms with Gasteiger partial charge in [-0.05, 0) is 53.0 Å². The van der Waals surface area contributed by atoms with Crippen molar-refractivity contribution in [3.63, 3.8) is 0 Å². The van der Waals surface area contributed by atoms with E-state index in [1.807, 2.05) is 12.4 Å². The molecule has 21 heavy (non-hydrogen) atoms. The van der Waals surface area contributed by atoms with Crippen molar-refractivity contribution < 1.29 is 0 Å². The molecule has 0 N–H and O–H groups in total. The molecule has 3 nitrogen and oxygen atoms in total. The second-order valence-corrected chi connectivity index (χ2v) is 6.37. The molecule has 1 aromatic heterocycles. The molecule has 1 aliphatic heterocycles. The minimum Gasteiger partial charge on any atom is -0.368 e. The molecule has 0 radical (unpaired) electrons. The highest BCUT2D eigenvalue weighted by Crippen LogP contribution is 2.28. The Morgan fingerprint density at radius 2 is 1.62 bits per heavy atom. The number of rotatable bonds is 2. The van der Waals surface area contributed by atoms with Gasteiger partial charge in [0.15, 0.2) is 0 Å². The van der Waals surface area contributed by atoms with E-state index in [0.717, 1.165) is 30.7 Å². The van der Waals surface area contributed by atoms with E-state index < -0.39 is 0 Å². The maximum Gasteiger partial charge on any atom is 0.0592 e. The van der Waals surface area contributed by atoms with Gasteiger partial charge in [-0.1, -0.05) is 12.1 Å². The maximum atomic E-state index is 4.14. The quantitative estimate of drug-likeness (QED) is 0.825. The fraction of sp³-hybridized carbons (Fsp3) is 0.353. The Morgan fingerprint density at radius 1 is 0.952 bits per heavy atom. The van der Waals surface area contributed by atoms with Gasteiger partial charge in [-0.15, -0.1) is 0 Å². The van der Waals surface area contributed by atoms with Gasteiger partial charge in [0.05, 0.1) is 10.2 Å². The number of nitrogens with zero attached hydrogens (tertiary/aromatic N) is 3. The Labute approximate surface area is 134 Å². The van der Waals surface area contributed by atoms with Crippen LogP contribution in [0.5, 0.6) is 0 Å². The molecule has 4 heteroatoms. The molecule has 1 aromatic carbocycles. The van der Waals surface area contributed by atoms with Gasteiger partial charge in [-0.2, -0.15) is 0 Å². The number of hydrogen-bond donors (Lipinski definition) is 0. The Kier molecular flexibility index (Phi) is 4.15. The first-order valence-electron chi connectivity index (χ1n) is 7.32. The zero-order valence-corrected chi connectivity index (χ0v) is 14.1. The molecule has 0 saturated carbocycles. The molecule has 1 fully saturated rings. The van der Waals surface area contributed by atoms with Gasteiger partial charge in [0.2, 0.25) is 0 Å². The van der Waals surface area contributed by atoms with Crippen LogP contribution in [0.2, 0.25) is 0 Å². The molecule has 2 aromatic rings. The van der Waals surface area contributed by atoms with Gasteiger partial charge in [0.1, 0.15) is 0 Å². The third-order valence-electron chi connectivity index (χ3n) is 4.29. The maximum absolute atomic E-state index is 4.14. The highest BCUT2D eigenvalue weighted by atomic mass is 79.9. The molecule has 0 amide bonds. The number of aromatic nitrogens is 1. The first kappa shape index (κ1) is 14.4. The van der Waals surface area contributed by atoms with Crippen LogP contribution >= 0.6 is 15.9 Å². The van der Waals surface area contributed by atoms with E-state index in [-0.39, 0.29) is 0 Å². The zero-order valence-electron chi connectivity index (χ0n) is 12.5. The fourth-order valence-electron chi connectivity index (χ4n) is 2.89. The summed E-state index contributed by atoms with van der Waals surface area (Å²) < 4.78 is 1.07. The summed E-state index contributed by atoms with van der Waals surface area (Å²) in [6.45, 7) is 8.59. The average Bonchev–Trinajstić information content (AvgIpc) is 2.51. The van der Waals surface area contributed by atoms with Crippen molar-refractivity contribution in [3.8, 4) is 0 Å². The Morgan fingerprint density at radius 3 is 2.29 bits per heavy atom. The lowest BCUT2D eigenvalue weighted by Crippen LogP contribution is -2.46. The van der Waals surface area contributed by atoms with Crippen molar-refractivity contribution in [1.82, 2.24) is 4.98 Å². The molecular weight excluding hydrogens is 326 g/mol. The van der Waals surface area contributed by atoms with Crippen molar-refractivity contribution in [2.24, 2.45) is 0 Å². The molecule has 2 heterocycles. The summed E-state index contributed by atoms with van der Waals surface area (Å²) in [6, 6.07) is 8.66. The molecule has 1 saturated heterocycles. The average molecular weight is 346 g/mol. The minimum absolute atomic E-state index is 1.04. The summed E-state index contributed by atoms with van der Waals surface area (Å²) in [5.74, 6) is 0. The molecule has 0 bridgehead atoms. The Balaban J connectivity index is 1.74. The van der Waals surface area contributed by atoms with Crippen molar-refractivity contribution in [2.45, 2.75) is 13.8 Å². The van der Waals surface area contributed by atoms with Gasteiger partial charge < -0.3 is 9.80 Å². The van der Waals surface area contributed by atoms with Gasteiger partial charge >= 0.3 is 0 Å². The lowest BCUT2D eigenvalue weighted by molar-refractivity contribution is 0.651. The van der Waals surface area contributed by atoms with Crippen LogP contribution in [0.4, 0.5) is 11.4 Å². The third-order valence-corrected chi connectivity index (χ3v) is 4.90. The van der Waals surface area contributed by atoms with Gasteiger partial charge in [0.25, 0.3) is 0 Å². The Bertz CT molecular complexity index is 634. The van der Waals surface area contributed by atoms with E-state index in [4.69, 9.17) is 0 Å². The van der Waals surface area contributed by atoms with E-state index in [9.17, 15) is 0 Å². The highest BCUT2D eigenvalue weighted by molar-refractivity contribution is 9.10. The molecule has 0 unspecified atom stereocenters. The predicted molar refractivity (Wildman–Crippen MR) is 92.3 cm³/mol. The molecule has 110 valence electrons. The second kappa shape index (κ2) is 6.06. The number of pyridine rings is 1. The van der Waals surface area contributed by atoms with E-state index in [1.165, 1.54) is 22.5 Å². The van der Waals surface area contributed by atoms with E-state index in [0.29, 0.717) is 0 Å². The third kappa shape index (κ3) is 2.91. The summed E-state index contributed by atoms with van der Waals surface area (Å²) in [7, 11) is 0. The van der Waals surface area contributed by atoms with Crippen LogP contribution in [0.1, 0.15) is 11.1 Å². The zero-order chi connectivity index (χ0) is 14.8. The number of anilines is 2. The number of piperazine rings is 1. The molecule has 0 spiro atoms.